The van der Waals surface area contributed by atoms with E-state index in [0.29, 0.717) is 35.5 Å². The highest BCUT2D eigenvalue weighted by atomic mass is 19.1. The lowest BCUT2D eigenvalue weighted by atomic mass is 10.0. The summed E-state index contributed by atoms with van der Waals surface area (Å²) in [6.07, 6.45) is 6.76. The second-order valence-corrected chi connectivity index (χ2v) is 7.85. The van der Waals surface area contributed by atoms with Crippen molar-refractivity contribution in [2.45, 2.75) is 24.9 Å². The third-order valence-electron chi connectivity index (χ3n) is 6.13. The summed E-state index contributed by atoms with van der Waals surface area (Å²) in [6, 6.07) is 6.25. The molecule has 2 fully saturated rings. The number of morpholine rings is 1. The van der Waals surface area contributed by atoms with Crippen LogP contribution in [0.1, 0.15) is 12.8 Å². The van der Waals surface area contributed by atoms with E-state index in [9.17, 15) is 0 Å². The number of halogens is 1. The van der Waals surface area contributed by atoms with Crippen LogP contribution in [-0.4, -0.2) is 55.2 Å². The number of fused-ring (bicyclic) bond motifs is 3. The Morgan fingerprint density at radius 2 is 2.00 bits per heavy atom. The minimum absolute atomic E-state index is 0.283. The maximum atomic E-state index is 15.1. The number of pyridine rings is 2. The van der Waals surface area contributed by atoms with Gasteiger partial charge >= 0.3 is 0 Å². The SMILES string of the molecule is Cn1nccc1-c1cc(N2C3CCC2COC3)nc2c(-c3ccn[nH]3)ncc(F)c12. The van der Waals surface area contributed by atoms with E-state index < -0.39 is 5.82 Å². The lowest BCUT2D eigenvalue weighted by Gasteiger charge is -2.36. The molecule has 0 spiro atoms. The second kappa shape index (κ2) is 6.60. The number of aryl methyl sites for hydroxylation is 1. The van der Waals surface area contributed by atoms with Crippen LogP contribution in [-0.2, 0) is 11.8 Å². The molecular weight excluding hydrogens is 385 g/mol. The number of aromatic nitrogens is 6. The zero-order chi connectivity index (χ0) is 20.2. The standard InChI is InChI=1S/C21H20FN7O/c1-28-17(5-7-25-28)14-8-18(29-12-2-3-13(29)11-30-10-12)26-21-19(14)15(22)9-23-20(21)16-4-6-24-27-16/h4-9,12-13H,2-3,10-11H2,1H3,(H,24,27). The van der Waals surface area contributed by atoms with Crippen LogP contribution in [0.4, 0.5) is 10.2 Å². The van der Waals surface area contributed by atoms with Crippen LogP contribution >= 0.6 is 0 Å². The number of rotatable bonds is 3. The van der Waals surface area contributed by atoms with Crippen molar-refractivity contribution in [1.82, 2.24) is 29.9 Å². The van der Waals surface area contributed by atoms with Crippen molar-refractivity contribution in [2.24, 2.45) is 7.05 Å². The van der Waals surface area contributed by atoms with Gasteiger partial charge in [-0.2, -0.15) is 10.2 Å². The van der Waals surface area contributed by atoms with Crippen molar-refractivity contribution >= 4 is 16.7 Å². The molecule has 2 aliphatic rings. The molecule has 0 saturated carbocycles. The molecule has 2 atom stereocenters. The van der Waals surface area contributed by atoms with Crippen molar-refractivity contribution in [1.29, 1.82) is 0 Å². The van der Waals surface area contributed by atoms with E-state index in [-0.39, 0.29) is 12.1 Å². The molecular formula is C21H20FN7O. The number of H-pyrrole nitrogens is 1. The molecule has 152 valence electrons. The Balaban J connectivity index is 1.67. The Labute approximate surface area is 171 Å². The molecule has 6 heterocycles. The van der Waals surface area contributed by atoms with E-state index in [0.717, 1.165) is 29.9 Å². The molecule has 0 amide bonds. The number of ether oxygens (including phenoxy) is 1. The number of hydrogen-bond acceptors (Lipinski definition) is 6. The lowest BCUT2D eigenvalue weighted by Crippen LogP contribution is -2.46. The van der Waals surface area contributed by atoms with Crippen LogP contribution in [0.5, 0.6) is 0 Å². The number of aromatic amines is 1. The summed E-state index contributed by atoms with van der Waals surface area (Å²) in [5.41, 5.74) is 3.37. The quantitative estimate of drug-likeness (QED) is 0.564. The highest BCUT2D eigenvalue weighted by Gasteiger charge is 2.38. The fourth-order valence-corrected chi connectivity index (χ4v) is 4.75. The molecule has 4 aromatic rings. The third kappa shape index (κ3) is 2.55. The number of nitrogens with zero attached hydrogens (tertiary/aromatic N) is 6. The van der Waals surface area contributed by atoms with Gasteiger partial charge < -0.3 is 9.64 Å². The predicted molar refractivity (Wildman–Crippen MR) is 109 cm³/mol. The first-order valence-electron chi connectivity index (χ1n) is 10.0. The molecule has 1 N–H and O–H groups in total. The van der Waals surface area contributed by atoms with Gasteiger partial charge in [0.15, 0.2) is 5.82 Å². The van der Waals surface area contributed by atoms with E-state index in [1.807, 2.05) is 25.2 Å². The first kappa shape index (κ1) is 17.5. The summed E-state index contributed by atoms with van der Waals surface area (Å²) in [5, 5.41) is 11.7. The van der Waals surface area contributed by atoms with Gasteiger partial charge in [0, 0.05) is 30.4 Å². The first-order chi connectivity index (χ1) is 14.7. The van der Waals surface area contributed by atoms with Crippen LogP contribution in [0.25, 0.3) is 33.5 Å². The summed E-state index contributed by atoms with van der Waals surface area (Å²) in [7, 11) is 1.86. The smallest absolute Gasteiger partial charge is 0.151 e. The highest BCUT2D eigenvalue weighted by Crippen LogP contribution is 2.39. The van der Waals surface area contributed by atoms with Gasteiger partial charge in [-0.25, -0.2) is 14.4 Å². The van der Waals surface area contributed by atoms with E-state index >= 15 is 4.39 Å². The monoisotopic (exact) mass is 405 g/mol. The highest BCUT2D eigenvalue weighted by molar-refractivity contribution is 6.01. The minimum atomic E-state index is -0.409. The summed E-state index contributed by atoms with van der Waals surface area (Å²) >= 11 is 0. The summed E-state index contributed by atoms with van der Waals surface area (Å²) in [6.45, 7) is 1.37. The first-order valence-corrected chi connectivity index (χ1v) is 10.0. The Kier molecular flexibility index (Phi) is 3.85. The van der Waals surface area contributed by atoms with Gasteiger partial charge in [-0.05, 0) is 31.0 Å². The third-order valence-corrected chi connectivity index (χ3v) is 6.13. The summed E-state index contributed by atoms with van der Waals surface area (Å²) in [4.78, 5) is 11.6. The molecule has 0 radical (unpaired) electrons. The van der Waals surface area contributed by atoms with Crippen molar-refractivity contribution in [3.05, 3.63) is 42.6 Å². The van der Waals surface area contributed by atoms with Gasteiger partial charge in [0.2, 0.25) is 0 Å². The van der Waals surface area contributed by atoms with Gasteiger partial charge in [0.1, 0.15) is 17.0 Å². The molecule has 0 aliphatic carbocycles. The molecule has 9 heteroatoms. The molecule has 0 aromatic carbocycles. The Hall–Kier alpha value is -3.33. The Morgan fingerprint density at radius 3 is 2.70 bits per heavy atom. The van der Waals surface area contributed by atoms with Gasteiger partial charge in [0.25, 0.3) is 0 Å². The summed E-state index contributed by atoms with van der Waals surface area (Å²) in [5.74, 6) is 0.413. The maximum absolute atomic E-state index is 15.1. The van der Waals surface area contributed by atoms with Gasteiger partial charge in [-0.1, -0.05) is 0 Å². The molecule has 4 aromatic heterocycles. The predicted octanol–water partition coefficient (Wildman–Crippen LogP) is 2.93. The van der Waals surface area contributed by atoms with Crippen molar-refractivity contribution in [3.8, 4) is 22.6 Å². The fourth-order valence-electron chi connectivity index (χ4n) is 4.75. The van der Waals surface area contributed by atoms with Crippen LogP contribution in [0, 0.1) is 5.82 Å². The normalized spacial score (nSPS) is 20.9. The van der Waals surface area contributed by atoms with Crippen molar-refractivity contribution < 1.29 is 9.13 Å². The van der Waals surface area contributed by atoms with E-state index in [1.165, 1.54) is 6.20 Å². The fraction of sp³-hybridized carbons (Fsp3) is 0.333. The zero-order valence-corrected chi connectivity index (χ0v) is 16.4. The van der Waals surface area contributed by atoms with Gasteiger partial charge in [-0.15, -0.1) is 0 Å². The topological polar surface area (TPSA) is 84.8 Å². The number of nitrogens with one attached hydrogen (secondary N) is 1. The van der Waals surface area contributed by atoms with Crippen LogP contribution in [0.3, 0.4) is 0 Å². The van der Waals surface area contributed by atoms with Crippen molar-refractivity contribution in [2.75, 3.05) is 18.1 Å². The van der Waals surface area contributed by atoms with Crippen LogP contribution < -0.4 is 4.90 Å². The molecule has 2 unspecified atom stereocenters. The van der Waals surface area contributed by atoms with E-state index in [1.54, 1.807) is 17.1 Å². The number of anilines is 1. The Morgan fingerprint density at radius 1 is 1.17 bits per heavy atom. The molecule has 30 heavy (non-hydrogen) atoms. The van der Waals surface area contributed by atoms with Gasteiger partial charge in [-0.3, -0.25) is 9.78 Å². The zero-order valence-electron chi connectivity index (χ0n) is 16.4. The second-order valence-electron chi connectivity index (χ2n) is 7.85. The molecule has 2 bridgehead atoms. The largest absolute Gasteiger partial charge is 0.377 e. The van der Waals surface area contributed by atoms with Crippen LogP contribution in [0.15, 0.2) is 36.8 Å². The molecule has 2 aliphatic heterocycles. The summed E-state index contributed by atoms with van der Waals surface area (Å²) < 4.78 is 22.6. The molecule has 6 rings (SSSR count). The average molecular weight is 405 g/mol. The molecule has 8 nitrogen and oxygen atoms in total. The maximum Gasteiger partial charge on any atom is 0.151 e. The lowest BCUT2D eigenvalue weighted by molar-refractivity contribution is 0.0902. The minimum Gasteiger partial charge on any atom is -0.377 e. The number of hydrogen-bond donors (Lipinski definition) is 1. The molecule has 2 saturated heterocycles. The van der Waals surface area contributed by atoms with Crippen molar-refractivity contribution in [3.63, 3.8) is 0 Å². The van der Waals surface area contributed by atoms with E-state index in [2.05, 4.69) is 25.2 Å². The van der Waals surface area contributed by atoms with Gasteiger partial charge in [0.05, 0.1) is 42.9 Å². The average Bonchev–Trinajstić information content (AvgIpc) is 3.48. The van der Waals surface area contributed by atoms with Crippen LogP contribution in [0.2, 0.25) is 0 Å². The van der Waals surface area contributed by atoms with E-state index in [4.69, 9.17) is 9.72 Å². The Bertz CT molecular complexity index is 1220.